The standard InChI is InChI=1S/C15H15N5O/c1-19-8-7-14(18-19)17-15(21)9-12-10-16-20(11-12)13-5-3-2-4-6-13/h2-8,10-11H,9H2,1H3,(H,17,18,21). The van der Waals surface area contributed by atoms with Gasteiger partial charge in [0, 0.05) is 25.5 Å². The third-order valence-corrected chi connectivity index (χ3v) is 3.00. The number of carbonyl (C=O) groups excluding carboxylic acids is 1. The molecule has 0 fully saturated rings. The third-order valence-electron chi connectivity index (χ3n) is 3.00. The maximum Gasteiger partial charge on any atom is 0.230 e. The summed E-state index contributed by atoms with van der Waals surface area (Å²) in [6.07, 6.45) is 5.60. The predicted octanol–water partition coefficient (Wildman–Crippen LogP) is 1.79. The molecule has 6 heteroatoms. The number of hydrogen-bond acceptors (Lipinski definition) is 3. The Morgan fingerprint density at radius 1 is 1.24 bits per heavy atom. The Bertz CT molecular complexity index is 744. The lowest BCUT2D eigenvalue weighted by Gasteiger charge is -2.00. The van der Waals surface area contributed by atoms with E-state index >= 15 is 0 Å². The molecule has 1 aromatic carbocycles. The fourth-order valence-electron chi connectivity index (χ4n) is 2.03. The van der Waals surface area contributed by atoms with E-state index in [0.717, 1.165) is 11.3 Å². The van der Waals surface area contributed by atoms with Crippen molar-refractivity contribution in [2.75, 3.05) is 5.32 Å². The summed E-state index contributed by atoms with van der Waals surface area (Å²) < 4.78 is 3.40. The molecule has 0 aliphatic carbocycles. The zero-order chi connectivity index (χ0) is 14.7. The fourth-order valence-corrected chi connectivity index (χ4v) is 2.03. The second-order valence-electron chi connectivity index (χ2n) is 4.73. The molecule has 6 nitrogen and oxygen atoms in total. The summed E-state index contributed by atoms with van der Waals surface area (Å²) in [7, 11) is 1.81. The van der Waals surface area contributed by atoms with Gasteiger partial charge in [0.05, 0.1) is 18.3 Å². The second-order valence-corrected chi connectivity index (χ2v) is 4.73. The van der Waals surface area contributed by atoms with Crippen LogP contribution >= 0.6 is 0 Å². The Hall–Kier alpha value is -2.89. The zero-order valence-electron chi connectivity index (χ0n) is 11.6. The molecule has 0 saturated carbocycles. The van der Waals surface area contributed by atoms with Gasteiger partial charge in [0.2, 0.25) is 5.91 Å². The summed E-state index contributed by atoms with van der Waals surface area (Å²) in [6, 6.07) is 11.5. The number of nitrogens with zero attached hydrogens (tertiary/aromatic N) is 4. The Kier molecular flexibility index (Phi) is 3.51. The molecule has 0 radical (unpaired) electrons. The average Bonchev–Trinajstić information content (AvgIpc) is 3.09. The molecule has 1 N–H and O–H groups in total. The van der Waals surface area contributed by atoms with Crippen molar-refractivity contribution in [2.24, 2.45) is 7.05 Å². The van der Waals surface area contributed by atoms with Crippen LogP contribution in [0.25, 0.3) is 5.69 Å². The smallest absolute Gasteiger partial charge is 0.230 e. The summed E-state index contributed by atoms with van der Waals surface area (Å²) in [6.45, 7) is 0. The highest BCUT2D eigenvalue weighted by Gasteiger charge is 2.08. The van der Waals surface area contributed by atoms with Crippen molar-refractivity contribution in [2.45, 2.75) is 6.42 Å². The summed E-state index contributed by atoms with van der Waals surface area (Å²) in [5, 5.41) is 11.1. The third kappa shape index (κ3) is 3.17. The van der Waals surface area contributed by atoms with Crippen LogP contribution in [0.3, 0.4) is 0 Å². The fraction of sp³-hybridized carbons (Fsp3) is 0.133. The van der Waals surface area contributed by atoms with E-state index in [-0.39, 0.29) is 12.3 Å². The van der Waals surface area contributed by atoms with Gasteiger partial charge in [0.15, 0.2) is 5.82 Å². The van der Waals surface area contributed by atoms with Crippen molar-refractivity contribution in [1.29, 1.82) is 0 Å². The molecule has 0 unspecified atom stereocenters. The molecule has 2 aromatic heterocycles. The number of amides is 1. The van der Waals surface area contributed by atoms with Gasteiger partial charge >= 0.3 is 0 Å². The van der Waals surface area contributed by atoms with Crippen LogP contribution in [0.5, 0.6) is 0 Å². The quantitative estimate of drug-likeness (QED) is 0.793. The van der Waals surface area contributed by atoms with Crippen molar-refractivity contribution < 1.29 is 4.79 Å². The lowest BCUT2D eigenvalue weighted by Crippen LogP contribution is -2.14. The van der Waals surface area contributed by atoms with E-state index in [9.17, 15) is 4.79 Å². The van der Waals surface area contributed by atoms with Gasteiger partial charge in [-0.15, -0.1) is 0 Å². The molecule has 0 saturated heterocycles. The van der Waals surface area contributed by atoms with Crippen LogP contribution in [0, 0.1) is 0 Å². The molecule has 0 aliphatic heterocycles. The van der Waals surface area contributed by atoms with Gasteiger partial charge in [-0.3, -0.25) is 9.48 Å². The lowest BCUT2D eigenvalue weighted by molar-refractivity contribution is -0.115. The van der Waals surface area contributed by atoms with Crippen molar-refractivity contribution in [3.05, 3.63) is 60.6 Å². The van der Waals surface area contributed by atoms with Crippen LogP contribution in [0.2, 0.25) is 0 Å². The van der Waals surface area contributed by atoms with E-state index in [1.807, 2.05) is 36.5 Å². The van der Waals surface area contributed by atoms with Crippen LogP contribution in [0.4, 0.5) is 5.82 Å². The number of anilines is 1. The van der Waals surface area contributed by atoms with Gasteiger partial charge in [0.25, 0.3) is 0 Å². The number of aryl methyl sites for hydroxylation is 1. The molecule has 0 aliphatic rings. The maximum absolute atomic E-state index is 11.9. The first-order valence-corrected chi connectivity index (χ1v) is 6.59. The van der Waals surface area contributed by atoms with Crippen molar-refractivity contribution in [1.82, 2.24) is 19.6 Å². The van der Waals surface area contributed by atoms with Gasteiger partial charge in [-0.1, -0.05) is 18.2 Å². The number of para-hydroxylation sites is 1. The molecule has 3 aromatic rings. The number of aromatic nitrogens is 4. The molecule has 3 rings (SSSR count). The molecule has 106 valence electrons. The van der Waals surface area contributed by atoms with Crippen LogP contribution in [0.1, 0.15) is 5.56 Å². The first-order valence-electron chi connectivity index (χ1n) is 6.59. The second kappa shape index (κ2) is 5.62. The Morgan fingerprint density at radius 2 is 2.05 bits per heavy atom. The number of nitrogens with one attached hydrogen (secondary N) is 1. The Balaban J connectivity index is 1.66. The van der Waals surface area contributed by atoms with E-state index in [0.29, 0.717) is 5.82 Å². The zero-order valence-corrected chi connectivity index (χ0v) is 11.6. The van der Waals surface area contributed by atoms with Gasteiger partial charge in [-0.05, 0) is 17.7 Å². The largest absolute Gasteiger partial charge is 0.309 e. The monoisotopic (exact) mass is 281 g/mol. The Morgan fingerprint density at radius 3 is 2.76 bits per heavy atom. The molecular formula is C15H15N5O. The van der Waals surface area contributed by atoms with E-state index in [1.165, 1.54) is 0 Å². The molecule has 21 heavy (non-hydrogen) atoms. The topological polar surface area (TPSA) is 64.7 Å². The predicted molar refractivity (Wildman–Crippen MR) is 79.1 cm³/mol. The molecular weight excluding hydrogens is 266 g/mol. The SMILES string of the molecule is Cn1ccc(NC(=O)Cc2cnn(-c3ccccc3)c2)n1. The average molecular weight is 281 g/mol. The van der Waals surface area contributed by atoms with Crippen LogP contribution in [0.15, 0.2) is 55.0 Å². The minimum Gasteiger partial charge on any atom is -0.309 e. The summed E-state index contributed by atoms with van der Waals surface area (Å²) >= 11 is 0. The normalized spacial score (nSPS) is 10.5. The highest BCUT2D eigenvalue weighted by molar-refractivity contribution is 5.91. The molecule has 0 atom stereocenters. The molecule has 1 amide bonds. The molecule has 2 heterocycles. The molecule has 0 bridgehead atoms. The van der Waals surface area contributed by atoms with Gasteiger partial charge < -0.3 is 5.32 Å². The van der Waals surface area contributed by atoms with Crippen molar-refractivity contribution in [3.63, 3.8) is 0 Å². The van der Waals surface area contributed by atoms with E-state index in [1.54, 1.807) is 34.9 Å². The van der Waals surface area contributed by atoms with Crippen molar-refractivity contribution in [3.8, 4) is 5.69 Å². The first kappa shape index (κ1) is 13.1. The van der Waals surface area contributed by atoms with Gasteiger partial charge in [-0.2, -0.15) is 10.2 Å². The summed E-state index contributed by atoms with van der Waals surface area (Å²) in [5.74, 6) is 0.444. The minimum atomic E-state index is -0.110. The van der Waals surface area contributed by atoms with E-state index < -0.39 is 0 Å². The number of rotatable bonds is 4. The number of carbonyl (C=O) groups is 1. The number of benzene rings is 1. The van der Waals surface area contributed by atoms with Crippen LogP contribution in [-0.4, -0.2) is 25.5 Å². The van der Waals surface area contributed by atoms with Crippen molar-refractivity contribution >= 4 is 11.7 Å². The summed E-state index contributed by atoms with van der Waals surface area (Å²) in [5.41, 5.74) is 1.82. The lowest BCUT2D eigenvalue weighted by atomic mass is 10.2. The van der Waals surface area contributed by atoms with Crippen LogP contribution < -0.4 is 5.32 Å². The molecule has 0 spiro atoms. The minimum absolute atomic E-state index is 0.110. The maximum atomic E-state index is 11.9. The number of hydrogen-bond donors (Lipinski definition) is 1. The highest BCUT2D eigenvalue weighted by Crippen LogP contribution is 2.09. The summed E-state index contributed by atoms with van der Waals surface area (Å²) in [4.78, 5) is 11.9. The van der Waals surface area contributed by atoms with E-state index in [2.05, 4.69) is 15.5 Å². The van der Waals surface area contributed by atoms with Crippen LogP contribution in [-0.2, 0) is 18.3 Å². The Labute approximate surface area is 122 Å². The van der Waals surface area contributed by atoms with Gasteiger partial charge in [0.1, 0.15) is 0 Å². The van der Waals surface area contributed by atoms with Gasteiger partial charge in [-0.25, -0.2) is 4.68 Å². The highest BCUT2D eigenvalue weighted by atomic mass is 16.1. The van der Waals surface area contributed by atoms with E-state index in [4.69, 9.17) is 0 Å². The first-order chi connectivity index (χ1) is 10.2.